The fourth-order valence-electron chi connectivity index (χ4n) is 2.45. The zero-order chi connectivity index (χ0) is 15.2. The van der Waals surface area contributed by atoms with E-state index in [0.717, 1.165) is 32.4 Å². The van der Waals surface area contributed by atoms with Gasteiger partial charge in [0.15, 0.2) is 0 Å². The number of likely N-dealkylation sites (tertiary alicyclic amines) is 1. The van der Waals surface area contributed by atoms with Crippen LogP contribution in [0.5, 0.6) is 0 Å². The van der Waals surface area contributed by atoms with Gasteiger partial charge in [0.05, 0.1) is 6.42 Å². The van der Waals surface area contributed by atoms with Gasteiger partial charge in [-0.25, -0.2) is 4.39 Å². The molecule has 21 heavy (non-hydrogen) atoms. The van der Waals surface area contributed by atoms with E-state index in [1.54, 1.807) is 11.0 Å². The molecule has 0 aliphatic carbocycles. The molecular weight excluding hydrogens is 273 g/mol. The first-order valence-corrected chi connectivity index (χ1v) is 7.15. The number of anilines is 1. The molecule has 114 valence electrons. The normalized spacial score (nSPS) is 16.3. The van der Waals surface area contributed by atoms with E-state index in [2.05, 4.69) is 5.32 Å². The third kappa shape index (κ3) is 4.44. The van der Waals surface area contributed by atoms with Crippen LogP contribution in [0.4, 0.5) is 10.1 Å². The first kappa shape index (κ1) is 15.3. The molecule has 0 bridgehead atoms. The fourth-order valence-corrected chi connectivity index (χ4v) is 2.45. The topological polar surface area (TPSA) is 75.4 Å². The summed E-state index contributed by atoms with van der Waals surface area (Å²) in [6.45, 7) is 1.45. The van der Waals surface area contributed by atoms with Crippen LogP contribution in [0.3, 0.4) is 0 Å². The number of primary amides is 1. The summed E-state index contributed by atoms with van der Waals surface area (Å²) in [7, 11) is 0. The number of nitrogens with two attached hydrogens (primary N) is 1. The average Bonchev–Trinajstić information content (AvgIpc) is 2.47. The maximum Gasteiger partial charge on any atom is 0.240 e. The van der Waals surface area contributed by atoms with Crippen molar-refractivity contribution in [2.24, 2.45) is 5.73 Å². The molecule has 1 unspecified atom stereocenters. The third-order valence-corrected chi connectivity index (χ3v) is 3.60. The molecule has 1 aromatic carbocycles. The first-order valence-electron chi connectivity index (χ1n) is 7.15. The molecule has 5 nitrogen and oxygen atoms in total. The maximum atomic E-state index is 13.1. The van der Waals surface area contributed by atoms with Crippen LogP contribution in [0.15, 0.2) is 24.3 Å². The van der Waals surface area contributed by atoms with Crippen molar-refractivity contribution in [3.05, 3.63) is 30.1 Å². The quantitative estimate of drug-likeness (QED) is 0.863. The predicted octanol–water partition coefficient (Wildman–Crippen LogP) is 1.49. The summed E-state index contributed by atoms with van der Waals surface area (Å²) in [5, 5.41) is 2.83. The highest BCUT2D eigenvalue weighted by molar-refractivity contribution is 5.89. The third-order valence-electron chi connectivity index (χ3n) is 3.60. The second kappa shape index (κ2) is 7.06. The van der Waals surface area contributed by atoms with Gasteiger partial charge in [-0.05, 0) is 37.5 Å². The van der Waals surface area contributed by atoms with Crippen LogP contribution in [0.25, 0.3) is 0 Å². The zero-order valence-electron chi connectivity index (χ0n) is 11.8. The lowest BCUT2D eigenvalue weighted by molar-refractivity contribution is -0.134. The first-order chi connectivity index (χ1) is 10.1. The van der Waals surface area contributed by atoms with E-state index < -0.39 is 17.8 Å². The molecule has 6 heteroatoms. The van der Waals surface area contributed by atoms with Crippen molar-refractivity contribution in [3.63, 3.8) is 0 Å². The van der Waals surface area contributed by atoms with Gasteiger partial charge in [0.1, 0.15) is 11.9 Å². The van der Waals surface area contributed by atoms with Crippen molar-refractivity contribution in [2.75, 3.05) is 18.4 Å². The second-order valence-corrected chi connectivity index (χ2v) is 5.26. The SMILES string of the molecule is NC(=O)C(CC(=O)N1CCCCC1)Nc1cccc(F)c1. The summed E-state index contributed by atoms with van der Waals surface area (Å²) in [6, 6.07) is 4.90. The summed E-state index contributed by atoms with van der Waals surface area (Å²) in [5.41, 5.74) is 5.77. The summed E-state index contributed by atoms with van der Waals surface area (Å²) >= 11 is 0. The molecule has 2 amide bonds. The number of amides is 2. The zero-order valence-corrected chi connectivity index (χ0v) is 11.8. The van der Waals surface area contributed by atoms with Gasteiger partial charge in [-0.3, -0.25) is 9.59 Å². The minimum Gasteiger partial charge on any atom is -0.373 e. The van der Waals surface area contributed by atoms with Gasteiger partial charge in [-0.2, -0.15) is 0 Å². The van der Waals surface area contributed by atoms with Crippen LogP contribution in [0.2, 0.25) is 0 Å². The van der Waals surface area contributed by atoms with Crippen LogP contribution in [0, 0.1) is 5.82 Å². The lowest BCUT2D eigenvalue weighted by atomic mass is 10.1. The van der Waals surface area contributed by atoms with E-state index >= 15 is 0 Å². The monoisotopic (exact) mass is 293 g/mol. The highest BCUT2D eigenvalue weighted by atomic mass is 19.1. The molecule has 2 rings (SSSR count). The Morgan fingerprint density at radius 2 is 2.00 bits per heavy atom. The highest BCUT2D eigenvalue weighted by Gasteiger charge is 2.24. The lowest BCUT2D eigenvalue weighted by Crippen LogP contribution is -2.43. The Morgan fingerprint density at radius 1 is 1.29 bits per heavy atom. The molecule has 1 saturated heterocycles. The van der Waals surface area contributed by atoms with Gasteiger partial charge in [0.25, 0.3) is 0 Å². The largest absolute Gasteiger partial charge is 0.373 e. The van der Waals surface area contributed by atoms with Crippen molar-refractivity contribution in [3.8, 4) is 0 Å². The van der Waals surface area contributed by atoms with Gasteiger partial charge in [0.2, 0.25) is 11.8 Å². The number of halogens is 1. The molecule has 3 N–H and O–H groups in total. The number of hydrogen-bond donors (Lipinski definition) is 2. The highest BCUT2D eigenvalue weighted by Crippen LogP contribution is 2.14. The summed E-state index contributed by atoms with van der Waals surface area (Å²) in [6.07, 6.45) is 3.10. The number of nitrogens with one attached hydrogen (secondary N) is 1. The summed E-state index contributed by atoms with van der Waals surface area (Å²) in [4.78, 5) is 25.4. The molecule has 1 aromatic rings. The van der Waals surface area contributed by atoms with Crippen molar-refractivity contribution in [1.82, 2.24) is 4.90 Å². The molecule has 1 atom stereocenters. The second-order valence-electron chi connectivity index (χ2n) is 5.26. The maximum absolute atomic E-state index is 13.1. The van der Waals surface area contributed by atoms with Gasteiger partial charge in [-0.1, -0.05) is 6.07 Å². The van der Waals surface area contributed by atoms with E-state index in [9.17, 15) is 14.0 Å². The van der Waals surface area contributed by atoms with Crippen LogP contribution in [-0.4, -0.2) is 35.8 Å². The smallest absolute Gasteiger partial charge is 0.240 e. The lowest BCUT2D eigenvalue weighted by Gasteiger charge is -2.28. The molecule has 1 aliphatic heterocycles. The van der Waals surface area contributed by atoms with Crippen molar-refractivity contribution < 1.29 is 14.0 Å². The Bertz CT molecular complexity index is 515. The Labute approximate surface area is 123 Å². The van der Waals surface area contributed by atoms with Crippen LogP contribution in [0.1, 0.15) is 25.7 Å². The van der Waals surface area contributed by atoms with E-state index in [-0.39, 0.29) is 12.3 Å². The molecule has 1 heterocycles. The fraction of sp³-hybridized carbons (Fsp3) is 0.467. The Morgan fingerprint density at radius 3 is 2.62 bits per heavy atom. The van der Waals surface area contributed by atoms with Gasteiger partial charge < -0.3 is 16.0 Å². The Balaban J connectivity index is 1.98. The number of benzene rings is 1. The van der Waals surface area contributed by atoms with E-state index in [0.29, 0.717) is 5.69 Å². The van der Waals surface area contributed by atoms with Gasteiger partial charge >= 0.3 is 0 Å². The molecule has 0 saturated carbocycles. The van der Waals surface area contributed by atoms with E-state index in [1.165, 1.54) is 18.2 Å². The van der Waals surface area contributed by atoms with Crippen LogP contribution < -0.4 is 11.1 Å². The minimum absolute atomic E-state index is 0.00809. The summed E-state index contributed by atoms with van der Waals surface area (Å²) in [5.74, 6) is -1.13. The minimum atomic E-state index is -0.832. The number of carbonyl (C=O) groups excluding carboxylic acids is 2. The molecule has 1 fully saturated rings. The number of carbonyl (C=O) groups is 2. The van der Waals surface area contributed by atoms with Gasteiger partial charge in [-0.15, -0.1) is 0 Å². The number of rotatable bonds is 5. The molecule has 0 aromatic heterocycles. The predicted molar refractivity (Wildman–Crippen MR) is 78.1 cm³/mol. The number of hydrogen-bond acceptors (Lipinski definition) is 3. The van der Waals surface area contributed by atoms with E-state index in [1.807, 2.05) is 0 Å². The van der Waals surface area contributed by atoms with Crippen LogP contribution in [-0.2, 0) is 9.59 Å². The molecule has 0 radical (unpaired) electrons. The molecule has 1 aliphatic rings. The average molecular weight is 293 g/mol. The number of nitrogens with zero attached hydrogens (tertiary/aromatic N) is 1. The Hall–Kier alpha value is -2.11. The van der Waals surface area contributed by atoms with Gasteiger partial charge in [0, 0.05) is 18.8 Å². The van der Waals surface area contributed by atoms with Crippen molar-refractivity contribution in [2.45, 2.75) is 31.7 Å². The Kier molecular flexibility index (Phi) is 5.14. The molecular formula is C15H20FN3O2. The molecule has 0 spiro atoms. The standard InChI is InChI=1S/C15H20FN3O2/c16-11-5-4-6-12(9-11)18-13(15(17)21)10-14(20)19-7-2-1-3-8-19/h4-6,9,13,18H,1-3,7-8,10H2,(H2,17,21). The number of piperidine rings is 1. The van der Waals surface area contributed by atoms with E-state index in [4.69, 9.17) is 5.73 Å². The summed E-state index contributed by atoms with van der Waals surface area (Å²) < 4.78 is 13.1. The van der Waals surface area contributed by atoms with Crippen molar-refractivity contribution >= 4 is 17.5 Å². The van der Waals surface area contributed by atoms with Crippen LogP contribution >= 0.6 is 0 Å². The van der Waals surface area contributed by atoms with Crippen molar-refractivity contribution in [1.29, 1.82) is 0 Å².